The number of piperidine rings is 1. The molecule has 1 aliphatic heterocycles. The number of aliphatic carboxylic acids is 1. The number of hydrogen-bond acceptors (Lipinski definition) is 4. The fourth-order valence-corrected chi connectivity index (χ4v) is 2.18. The van der Waals surface area contributed by atoms with Gasteiger partial charge in [0.15, 0.2) is 0 Å². The summed E-state index contributed by atoms with van der Waals surface area (Å²) in [7, 11) is 0. The van der Waals surface area contributed by atoms with Gasteiger partial charge in [-0.15, -0.1) is 0 Å². The lowest BCUT2D eigenvalue weighted by Gasteiger charge is -2.37. The molecule has 0 saturated carbocycles. The van der Waals surface area contributed by atoms with Crippen LogP contribution in [0.1, 0.15) is 30.1 Å². The molecule has 1 aromatic heterocycles. The maximum Gasteiger partial charge on any atom is 0.311 e. The highest BCUT2D eigenvalue weighted by molar-refractivity contribution is 5.94. The number of carbonyl (C=O) groups excluding carboxylic acids is 1. The minimum absolute atomic E-state index is 0.206. The number of amides is 1. The summed E-state index contributed by atoms with van der Waals surface area (Å²) in [4.78, 5) is 32.5. The summed E-state index contributed by atoms with van der Waals surface area (Å²) in [6, 6.07) is 0. The average molecular weight is 249 g/mol. The summed E-state index contributed by atoms with van der Waals surface area (Å²) in [6.45, 7) is 2.49. The highest BCUT2D eigenvalue weighted by Gasteiger charge is 2.39. The smallest absolute Gasteiger partial charge is 0.311 e. The van der Waals surface area contributed by atoms with Crippen LogP contribution in [-0.2, 0) is 4.79 Å². The monoisotopic (exact) mass is 249 g/mol. The topological polar surface area (TPSA) is 83.4 Å². The molecule has 1 atom stereocenters. The van der Waals surface area contributed by atoms with Crippen LogP contribution >= 0.6 is 0 Å². The molecule has 1 unspecified atom stereocenters. The number of hydrogen-bond donors (Lipinski definition) is 1. The van der Waals surface area contributed by atoms with Crippen molar-refractivity contribution in [2.24, 2.45) is 5.41 Å². The number of carboxylic acids is 1. The van der Waals surface area contributed by atoms with E-state index in [1.165, 1.54) is 18.7 Å². The van der Waals surface area contributed by atoms with Gasteiger partial charge < -0.3 is 10.0 Å². The van der Waals surface area contributed by atoms with Gasteiger partial charge in [-0.05, 0) is 19.8 Å². The van der Waals surface area contributed by atoms with Crippen LogP contribution in [0.25, 0.3) is 0 Å². The largest absolute Gasteiger partial charge is 0.481 e. The van der Waals surface area contributed by atoms with E-state index in [0.717, 1.165) is 0 Å². The first-order chi connectivity index (χ1) is 8.53. The van der Waals surface area contributed by atoms with Crippen molar-refractivity contribution in [2.45, 2.75) is 19.8 Å². The van der Waals surface area contributed by atoms with Gasteiger partial charge in [0.2, 0.25) is 0 Å². The maximum atomic E-state index is 12.2. The molecule has 6 nitrogen and oxygen atoms in total. The van der Waals surface area contributed by atoms with Gasteiger partial charge in [-0.2, -0.15) is 0 Å². The lowest BCUT2D eigenvalue weighted by Crippen LogP contribution is -2.48. The standard InChI is InChI=1S/C12H15N3O3/c1-12(11(17)18)3-2-4-15(7-12)10(16)9-5-13-8-14-6-9/h5-6,8H,2-4,7H2,1H3,(H,17,18). The number of nitrogens with zero attached hydrogens (tertiary/aromatic N) is 3. The third-order valence-electron chi connectivity index (χ3n) is 3.31. The Labute approximate surface area is 105 Å². The van der Waals surface area contributed by atoms with E-state index < -0.39 is 11.4 Å². The molecule has 1 N–H and O–H groups in total. The number of carboxylic acid groups (broad SMARTS) is 1. The van der Waals surface area contributed by atoms with Crippen molar-refractivity contribution in [2.75, 3.05) is 13.1 Å². The molecule has 1 aliphatic rings. The van der Waals surface area contributed by atoms with Crippen molar-refractivity contribution in [3.63, 3.8) is 0 Å². The number of likely N-dealkylation sites (tertiary alicyclic amines) is 1. The Kier molecular flexibility index (Phi) is 3.27. The summed E-state index contributed by atoms with van der Waals surface area (Å²) < 4.78 is 0. The average Bonchev–Trinajstić information content (AvgIpc) is 2.39. The number of aromatic nitrogens is 2. The molecule has 0 radical (unpaired) electrons. The molecule has 1 aromatic rings. The Balaban J connectivity index is 2.15. The molecule has 0 bridgehead atoms. The summed E-state index contributed by atoms with van der Waals surface area (Å²) in [5.41, 5.74) is -0.462. The van der Waals surface area contributed by atoms with Crippen LogP contribution in [0, 0.1) is 5.41 Å². The molecule has 18 heavy (non-hydrogen) atoms. The molecule has 1 fully saturated rings. The third kappa shape index (κ3) is 2.32. The van der Waals surface area contributed by atoms with Crippen molar-refractivity contribution in [3.8, 4) is 0 Å². The van der Waals surface area contributed by atoms with E-state index in [0.29, 0.717) is 24.9 Å². The Morgan fingerprint density at radius 3 is 2.67 bits per heavy atom. The molecular formula is C12H15N3O3. The summed E-state index contributed by atoms with van der Waals surface area (Å²) >= 11 is 0. The van der Waals surface area contributed by atoms with E-state index in [2.05, 4.69) is 9.97 Å². The minimum atomic E-state index is -0.858. The van der Waals surface area contributed by atoms with Crippen LogP contribution in [0.5, 0.6) is 0 Å². The molecule has 0 aromatic carbocycles. The van der Waals surface area contributed by atoms with Crippen LogP contribution in [0.2, 0.25) is 0 Å². The second-order valence-corrected chi connectivity index (χ2v) is 4.82. The number of rotatable bonds is 2. The lowest BCUT2D eigenvalue weighted by atomic mass is 9.82. The first-order valence-corrected chi connectivity index (χ1v) is 5.81. The van der Waals surface area contributed by atoms with E-state index in [9.17, 15) is 14.7 Å². The Morgan fingerprint density at radius 2 is 2.06 bits per heavy atom. The van der Waals surface area contributed by atoms with Gasteiger partial charge in [-0.1, -0.05) is 0 Å². The first-order valence-electron chi connectivity index (χ1n) is 5.81. The second-order valence-electron chi connectivity index (χ2n) is 4.82. The maximum absolute atomic E-state index is 12.2. The lowest BCUT2D eigenvalue weighted by molar-refractivity contribution is -0.150. The third-order valence-corrected chi connectivity index (χ3v) is 3.31. The molecule has 0 spiro atoms. The molecule has 1 amide bonds. The highest BCUT2D eigenvalue weighted by atomic mass is 16.4. The van der Waals surface area contributed by atoms with E-state index >= 15 is 0 Å². The fourth-order valence-electron chi connectivity index (χ4n) is 2.18. The van der Waals surface area contributed by atoms with Gasteiger partial charge in [-0.25, -0.2) is 9.97 Å². The molecule has 1 saturated heterocycles. The Hall–Kier alpha value is -1.98. The van der Waals surface area contributed by atoms with E-state index in [-0.39, 0.29) is 12.5 Å². The predicted molar refractivity (Wildman–Crippen MR) is 62.9 cm³/mol. The zero-order valence-electron chi connectivity index (χ0n) is 10.2. The van der Waals surface area contributed by atoms with Gasteiger partial charge in [0.1, 0.15) is 6.33 Å². The van der Waals surface area contributed by atoms with Crippen LogP contribution in [0.4, 0.5) is 0 Å². The molecule has 0 aliphatic carbocycles. The molecular weight excluding hydrogens is 234 g/mol. The van der Waals surface area contributed by atoms with Crippen molar-refractivity contribution >= 4 is 11.9 Å². The first kappa shape index (κ1) is 12.5. The number of carbonyl (C=O) groups is 2. The second kappa shape index (κ2) is 4.72. The highest BCUT2D eigenvalue weighted by Crippen LogP contribution is 2.30. The zero-order valence-corrected chi connectivity index (χ0v) is 10.2. The Morgan fingerprint density at radius 1 is 1.39 bits per heavy atom. The van der Waals surface area contributed by atoms with E-state index in [1.54, 1.807) is 11.8 Å². The van der Waals surface area contributed by atoms with Gasteiger partial charge in [-0.3, -0.25) is 9.59 Å². The SMILES string of the molecule is CC1(C(=O)O)CCCN(C(=O)c2cncnc2)C1. The van der Waals surface area contributed by atoms with Crippen molar-refractivity contribution < 1.29 is 14.7 Å². The summed E-state index contributed by atoms with van der Waals surface area (Å²) in [5, 5.41) is 9.20. The molecule has 6 heteroatoms. The molecule has 96 valence electrons. The normalized spacial score (nSPS) is 23.7. The Bertz CT molecular complexity index is 463. The predicted octanol–water partition coefficient (Wildman–Crippen LogP) is 0.803. The fraction of sp³-hybridized carbons (Fsp3) is 0.500. The van der Waals surface area contributed by atoms with Crippen LogP contribution < -0.4 is 0 Å². The summed E-state index contributed by atoms with van der Waals surface area (Å²) in [5.74, 6) is -1.06. The van der Waals surface area contributed by atoms with Crippen molar-refractivity contribution in [1.29, 1.82) is 0 Å². The van der Waals surface area contributed by atoms with Crippen LogP contribution in [0.3, 0.4) is 0 Å². The van der Waals surface area contributed by atoms with Gasteiger partial charge >= 0.3 is 5.97 Å². The van der Waals surface area contributed by atoms with Gasteiger partial charge in [0, 0.05) is 25.5 Å². The van der Waals surface area contributed by atoms with Crippen LogP contribution in [-0.4, -0.2) is 44.9 Å². The van der Waals surface area contributed by atoms with Crippen molar-refractivity contribution in [1.82, 2.24) is 14.9 Å². The van der Waals surface area contributed by atoms with Gasteiger partial charge in [0.25, 0.3) is 5.91 Å². The molecule has 2 rings (SSSR count). The van der Waals surface area contributed by atoms with Crippen LogP contribution in [0.15, 0.2) is 18.7 Å². The zero-order chi connectivity index (χ0) is 13.2. The van der Waals surface area contributed by atoms with Gasteiger partial charge in [0.05, 0.1) is 11.0 Å². The van der Waals surface area contributed by atoms with E-state index in [1.807, 2.05) is 0 Å². The minimum Gasteiger partial charge on any atom is -0.481 e. The molecule has 2 heterocycles. The van der Waals surface area contributed by atoms with Crippen molar-refractivity contribution in [3.05, 3.63) is 24.3 Å². The summed E-state index contributed by atoms with van der Waals surface area (Å²) in [6.07, 6.45) is 5.54. The van der Waals surface area contributed by atoms with E-state index in [4.69, 9.17) is 0 Å². The quantitative estimate of drug-likeness (QED) is 0.838.